The summed E-state index contributed by atoms with van der Waals surface area (Å²) in [7, 11) is 1.85. The van der Waals surface area contributed by atoms with Crippen molar-refractivity contribution in [2.45, 2.75) is 18.9 Å². The monoisotopic (exact) mass is 623 g/mol. The number of carboxylic acids is 1. The van der Waals surface area contributed by atoms with Crippen molar-refractivity contribution in [3.8, 4) is 11.3 Å². The molecule has 1 N–H and O–H groups in total. The lowest BCUT2D eigenvalue weighted by molar-refractivity contribution is 0.0553. The minimum absolute atomic E-state index is 0.0296. The van der Waals surface area contributed by atoms with Crippen LogP contribution in [0.15, 0.2) is 63.8 Å². The fraction of sp³-hybridized carbons (Fsp3) is 0.259. The SMILES string of the molecule is Cn1nnc(Br)c1-c1cnc2c3cc(Br)c(C(=O)O)cc3n(C(c3ccccc3)C3CCOCC3)c2c1. The maximum atomic E-state index is 12.1. The van der Waals surface area contributed by atoms with Crippen LogP contribution in [0.3, 0.4) is 0 Å². The van der Waals surface area contributed by atoms with Gasteiger partial charge in [-0.05, 0) is 74.4 Å². The number of aromatic nitrogens is 5. The predicted octanol–water partition coefficient (Wildman–Crippen LogP) is 6.22. The predicted molar refractivity (Wildman–Crippen MR) is 148 cm³/mol. The number of aromatic carboxylic acids is 1. The molecule has 0 aliphatic carbocycles. The third kappa shape index (κ3) is 4.17. The molecule has 3 aromatic heterocycles. The molecule has 1 fully saturated rings. The van der Waals surface area contributed by atoms with Gasteiger partial charge in [0.05, 0.1) is 28.2 Å². The maximum absolute atomic E-state index is 12.1. The van der Waals surface area contributed by atoms with Crippen molar-refractivity contribution in [2.75, 3.05) is 13.2 Å². The molecule has 1 saturated heterocycles. The van der Waals surface area contributed by atoms with Crippen LogP contribution < -0.4 is 0 Å². The van der Waals surface area contributed by atoms with Gasteiger partial charge in [-0.15, -0.1) is 5.10 Å². The van der Waals surface area contributed by atoms with Gasteiger partial charge in [-0.3, -0.25) is 4.98 Å². The molecule has 0 spiro atoms. The second-order valence-electron chi connectivity index (χ2n) is 9.27. The second-order valence-corrected chi connectivity index (χ2v) is 10.9. The number of carbonyl (C=O) groups is 1. The van der Waals surface area contributed by atoms with E-state index in [1.165, 1.54) is 5.56 Å². The number of fused-ring (bicyclic) bond motifs is 3. The van der Waals surface area contributed by atoms with Crippen LogP contribution in [0.25, 0.3) is 33.2 Å². The van der Waals surface area contributed by atoms with E-state index in [4.69, 9.17) is 9.72 Å². The zero-order chi connectivity index (χ0) is 25.7. The van der Waals surface area contributed by atoms with Crippen molar-refractivity contribution in [2.24, 2.45) is 13.0 Å². The number of carboxylic acid groups (broad SMARTS) is 1. The molecule has 10 heteroatoms. The van der Waals surface area contributed by atoms with Crippen molar-refractivity contribution in [3.63, 3.8) is 0 Å². The number of pyridine rings is 1. The molecule has 6 rings (SSSR count). The van der Waals surface area contributed by atoms with Crippen molar-refractivity contribution >= 4 is 59.8 Å². The van der Waals surface area contributed by atoms with Gasteiger partial charge in [0.1, 0.15) is 5.69 Å². The van der Waals surface area contributed by atoms with Crippen molar-refractivity contribution in [3.05, 3.63) is 74.9 Å². The summed E-state index contributed by atoms with van der Waals surface area (Å²) in [6.45, 7) is 1.41. The van der Waals surface area contributed by atoms with Crippen LogP contribution in [0.2, 0.25) is 0 Å². The van der Waals surface area contributed by atoms with Gasteiger partial charge in [0.25, 0.3) is 0 Å². The Morgan fingerprint density at radius 1 is 1.11 bits per heavy atom. The van der Waals surface area contributed by atoms with Gasteiger partial charge in [-0.2, -0.15) is 0 Å². The molecular weight excluding hydrogens is 602 g/mol. The Kier molecular flexibility index (Phi) is 6.34. The summed E-state index contributed by atoms with van der Waals surface area (Å²) >= 11 is 7.00. The molecule has 1 aliphatic heterocycles. The topological polar surface area (TPSA) is 95.1 Å². The highest BCUT2D eigenvalue weighted by Gasteiger charge is 2.31. The summed E-state index contributed by atoms with van der Waals surface area (Å²) < 4.78 is 10.9. The van der Waals surface area contributed by atoms with E-state index < -0.39 is 5.97 Å². The van der Waals surface area contributed by atoms with Gasteiger partial charge in [0, 0.05) is 41.9 Å². The van der Waals surface area contributed by atoms with Gasteiger partial charge in [0.2, 0.25) is 0 Å². The highest BCUT2D eigenvalue weighted by Crippen LogP contribution is 2.42. The number of benzene rings is 2. The first-order chi connectivity index (χ1) is 17.9. The van der Waals surface area contributed by atoms with Crippen molar-refractivity contribution in [1.29, 1.82) is 0 Å². The molecule has 4 heterocycles. The molecule has 8 nitrogen and oxygen atoms in total. The number of aryl methyl sites for hydroxylation is 1. The van der Waals surface area contributed by atoms with Crippen LogP contribution in [0.5, 0.6) is 0 Å². The number of hydrogen-bond donors (Lipinski definition) is 1. The number of rotatable bonds is 5. The smallest absolute Gasteiger partial charge is 0.336 e. The average Bonchev–Trinajstić information content (AvgIpc) is 3.40. The van der Waals surface area contributed by atoms with Gasteiger partial charge in [-0.25, -0.2) is 9.48 Å². The third-order valence-electron chi connectivity index (χ3n) is 7.15. The van der Waals surface area contributed by atoms with Crippen molar-refractivity contribution < 1.29 is 14.6 Å². The molecule has 1 unspecified atom stereocenters. The number of ether oxygens (including phenoxy) is 1. The molecule has 2 aromatic carbocycles. The Morgan fingerprint density at radius 2 is 1.86 bits per heavy atom. The van der Waals surface area contributed by atoms with E-state index >= 15 is 0 Å². The molecule has 5 aromatic rings. The standard InChI is InChI=1S/C27H23Br2N5O3/c1-33-25(26(29)31-32-33)17-11-22-23(30-14-17)19-12-20(28)18(27(35)36)13-21(19)34(22)24(15-5-3-2-4-6-15)16-7-9-37-10-8-16/h2-6,11-14,16,24H,7-10H2,1H3,(H,35,36). The van der Waals surface area contributed by atoms with E-state index in [-0.39, 0.29) is 11.6 Å². The molecular formula is C27H23Br2N5O3. The number of halogens is 2. The van der Waals surface area contributed by atoms with Crippen LogP contribution in [-0.2, 0) is 11.8 Å². The average molecular weight is 625 g/mol. The number of nitrogens with zero attached hydrogens (tertiary/aromatic N) is 5. The zero-order valence-electron chi connectivity index (χ0n) is 19.9. The van der Waals surface area contributed by atoms with Crippen LogP contribution in [0, 0.1) is 5.92 Å². The zero-order valence-corrected chi connectivity index (χ0v) is 23.1. The van der Waals surface area contributed by atoms with Gasteiger partial charge in [-0.1, -0.05) is 35.5 Å². The van der Waals surface area contributed by atoms with Gasteiger partial charge in [0.15, 0.2) is 4.60 Å². The highest BCUT2D eigenvalue weighted by atomic mass is 79.9. The van der Waals surface area contributed by atoms with E-state index in [9.17, 15) is 9.90 Å². The Hall–Kier alpha value is -3.08. The largest absolute Gasteiger partial charge is 0.478 e. The van der Waals surface area contributed by atoms with Crippen LogP contribution in [0.4, 0.5) is 0 Å². The summed E-state index contributed by atoms with van der Waals surface area (Å²) in [6, 6.07) is 16.1. The Morgan fingerprint density at radius 3 is 2.54 bits per heavy atom. The summed E-state index contributed by atoms with van der Waals surface area (Å²) in [4.78, 5) is 17.0. The summed E-state index contributed by atoms with van der Waals surface area (Å²) in [5.41, 5.74) is 5.65. The van der Waals surface area contributed by atoms with E-state index in [0.29, 0.717) is 28.2 Å². The normalized spacial score (nSPS) is 15.4. The first-order valence-electron chi connectivity index (χ1n) is 12.0. The molecule has 0 radical (unpaired) electrons. The third-order valence-corrected chi connectivity index (χ3v) is 8.34. The fourth-order valence-corrected chi connectivity index (χ4v) is 6.54. The van der Waals surface area contributed by atoms with E-state index in [2.05, 4.69) is 77.1 Å². The summed E-state index contributed by atoms with van der Waals surface area (Å²) in [5, 5.41) is 19.1. The molecule has 1 aliphatic rings. The lowest BCUT2D eigenvalue weighted by Gasteiger charge is -2.33. The van der Waals surface area contributed by atoms with Crippen LogP contribution in [-0.4, -0.2) is 48.8 Å². The Bertz CT molecular complexity index is 1620. The fourth-order valence-electron chi connectivity index (χ4n) is 5.47. The van der Waals surface area contributed by atoms with Crippen molar-refractivity contribution in [1.82, 2.24) is 24.5 Å². The molecule has 0 saturated carbocycles. The first-order valence-corrected chi connectivity index (χ1v) is 13.6. The van der Waals surface area contributed by atoms with Gasteiger partial charge >= 0.3 is 5.97 Å². The Balaban J connectivity index is 1.71. The quantitative estimate of drug-likeness (QED) is 0.249. The first kappa shape index (κ1) is 24.3. The maximum Gasteiger partial charge on any atom is 0.336 e. The van der Waals surface area contributed by atoms with E-state index in [1.807, 2.05) is 25.4 Å². The highest BCUT2D eigenvalue weighted by molar-refractivity contribution is 9.10. The summed E-state index contributed by atoms with van der Waals surface area (Å²) in [6.07, 6.45) is 3.64. The summed E-state index contributed by atoms with van der Waals surface area (Å²) in [5.74, 6) is -0.674. The lowest BCUT2D eigenvalue weighted by atomic mass is 9.86. The Labute approximate surface area is 229 Å². The molecule has 1 atom stereocenters. The van der Waals surface area contributed by atoms with E-state index in [0.717, 1.165) is 46.0 Å². The number of hydrogen-bond acceptors (Lipinski definition) is 5. The lowest BCUT2D eigenvalue weighted by Crippen LogP contribution is -2.27. The van der Waals surface area contributed by atoms with Crippen LogP contribution >= 0.6 is 31.9 Å². The van der Waals surface area contributed by atoms with E-state index in [1.54, 1.807) is 10.7 Å². The molecule has 37 heavy (non-hydrogen) atoms. The molecule has 0 amide bonds. The minimum Gasteiger partial charge on any atom is -0.478 e. The minimum atomic E-state index is -0.980. The van der Waals surface area contributed by atoms with Crippen LogP contribution in [0.1, 0.15) is 34.8 Å². The second kappa shape index (κ2) is 9.66. The van der Waals surface area contributed by atoms with Gasteiger partial charge < -0.3 is 14.4 Å². The molecule has 0 bridgehead atoms. The molecule has 188 valence electrons.